The van der Waals surface area contributed by atoms with Gasteiger partial charge in [-0.2, -0.15) is 10.1 Å². The van der Waals surface area contributed by atoms with Gasteiger partial charge in [0.05, 0.1) is 11.4 Å². The number of piperazine rings is 1. The van der Waals surface area contributed by atoms with Crippen molar-refractivity contribution in [2.24, 2.45) is 7.05 Å². The molecule has 4 heterocycles. The van der Waals surface area contributed by atoms with Crippen LogP contribution in [0.4, 0.5) is 11.8 Å². The first-order valence-corrected chi connectivity index (χ1v) is 10.8. The monoisotopic (exact) mass is 381 g/mol. The zero-order valence-electron chi connectivity index (χ0n) is 17.2. The average Bonchev–Trinajstić information content (AvgIpc) is 3.42. The zero-order chi connectivity index (χ0) is 19.1. The Bertz CT molecular complexity index is 845. The van der Waals surface area contributed by atoms with E-state index in [4.69, 9.17) is 15.1 Å². The summed E-state index contributed by atoms with van der Waals surface area (Å²) in [6.45, 7) is 9.43. The van der Waals surface area contributed by atoms with Gasteiger partial charge in [0.2, 0.25) is 5.95 Å². The fraction of sp³-hybridized carbons (Fsp3) is 0.667. The molecule has 3 aliphatic rings. The fourth-order valence-corrected chi connectivity index (χ4v) is 4.89. The number of hydrogen-bond acceptors (Lipinski definition) is 6. The Kier molecular flexibility index (Phi) is 4.70. The lowest BCUT2D eigenvalue weighted by atomic mass is 10.2. The molecule has 1 aliphatic carbocycles. The van der Waals surface area contributed by atoms with Crippen molar-refractivity contribution >= 4 is 11.8 Å². The van der Waals surface area contributed by atoms with Crippen LogP contribution in [0.3, 0.4) is 0 Å². The molecule has 0 amide bonds. The van der Waals surface area contributed by atoms with Crippen LogP contribution in [0.5, 0.6) is 0 Å². The molecule has 2 aromatic heterocycles. The van der Waals surface area contributed by atoms with E-state index in [9.17, 15) is 0 Å². The van der Waals surface area contributed by atoms with Gasteiger partial charge in [0.15, 0.2) is 0 Å². The van der Waals surface area contributed by atoms with E-state index in [2.05, 4.69) is 39.4 Å². The third-order valence-corrected chi connectivity index (χ3v) is 6.49. The number of rotatable bonds is 4. The molecule has 150 valence electrons. The Balaban J connectivity index is 1.25. The molecular weight excluding hydrogens is 350 g/mol. The number of fused-ring (bicyclic) bond motifs is 1. The van der Waals surface area contributed by atoms with Gasteiger partial charge in [-0.25, -0.2) is 4.98 Å². The van der Waals surface area contributed by atoms with Crippen molar-refractivity contribution in [3.05, 3.63) is 28.7 Å². The minimum atomic E-state index is 0.906. The lowest BCUT2D eigenvalue weighted by Gasteiger charge is -2.35. The van der Waals surface area contributed by atoms with Gasteiger partial charge in [0.25, 0.3) is 0 Å². The van der Waals surface area contributed by atoms with Crippen molar-refractivity contribution in [3.63, 3.8) is 0 Å². The molecule has 0 spiro atoms. The van der Waals surface area contributed by atoms with Gasteiger partial charge in [-0.3, -0.25) is 9.58 Å². The maximum Gasteiger partial charge on any atom is 0.227 e. The predicted octanol–water partition coefficient (Wildman–Crippen LogP) is 1.93. The maximum absolute atomic E-state index is 4.91. The van der Waals surface area contributed by atoms with Crippen molar-refractivity contribution in [2.75, 3.05) is 49.1 Å². The molecule has 0 N–H and O–H groups in total. The molecule has 0 radical (unpaired) electrons. The highest BCUT2D eigenvalue weighted by molar-refractivity contribution is 5.46. The average molecular weight is 382 g/mol. The third kappa shape index (κ3) is 3.36. The van der Waals surface area contributed by atoms with Crippen molar-refractivity contribution in [1.29, 1.82) is 0 Å². The third-order valence-electron chi connectivity index (χ3n) is 6.49. The molecule has 5 rings (SSSR count). The summed E-state index contributed by atoms with van der Waals surface area (Å²) in [6.07, 6.45) is 6.17. The predicted molar refractivity (Wildman–Crippen MR) is 111 cm³/mol. The smallest absolute Gasteiger partial charge is 0.227 e. The minimum Gasteiger partial charge on any atom is -0.356 e. The number of nitrogens with zero attached hydrogens (tertiary/aromatic N) is 7. The molecule has 0 atom stereocenters. The Labute approximate surface area is 167 Å². The first-order chi connectivity index (χ1) is 13.7. The van der Waals surface area contributed by atoms with E-state index in [0.717, 1.165) is 69.7 Å². The Morgan fingerprint density at radius 1 is 0.893 bits per heavy atom. The second-order valence-corrected chi connectivity index (χ2v) is 8.47. The summed E-state index contributed by atoms with van der Waals surface area (Å²) in [4.78, 5) is 17.0. The lowest BCUT2D eigenvalue weighted by Crippen LogP contribution is -2.47. The van der Waals surface area contributed by atoms with Crippen LogP contribution in [0, 0.1) is 6.92 Å². The molecule has 2 saturated heterocycles. The van der Waals surface area contributed by atoms with Crippen LogP contribution in [-0.2, 0) is 26.4 Å². The van der Waals surface area contributed by atoms with Gasteiger partial charge in [-0.1, -0.05) is 0 Å². The Morgan fingerprint density at radius 2 is 1.68 bits per heavy atom. The second kappa shape index (κ2) is 7.35. The van der Waals surface area contributed by atoms with Gasteiger partial charge in [0.1, 0.15) is 5.82 Å². The fourth-order valence-electron chi connectivity index (χ4n) is 4.89. The van der Waals surface area contributed by atoms with Gasteiger partial charge in [-0.15, -0.1) is 0 Å². The standard InChI is InChI=1S/C21H31N7/c1-16-14-20(27-8-3-4-9-27)23-21(22-16)28-12-10-26(11-13-28)15-19-17-6-5-7-18(17)24-25(19)2/h14H,3-13,15H2,1-2H3. The summed E-state index contributed by atoms with van der Waals surface area (Å²) in [7, 11) is 2.10. The van der Waals surface area contributed by atoms with Crippen molar-refractivity contribution in [2.45, 2.75) is 45.6 Å². The highest BCUT2D eigenvalue weighted by atomic mass is 15.3. The largest absolute Gasteiger partial charge is 0.356 e. The van der Waals surface area contributed by atoms with E-state index in [1.807, 2.05) is 0 Å². The summed E-state index contributed by atoms with van der Waals surface area (Å²) < 4.78 is 2.11. The van der Waals surface area contributed by atoms with E-state index >= 15 is 0 Å². The van der Waals surface area contributed by atoms with E-state index in [1.165, 1.54) is 42.6 Å². The molecule has 0 unspecified atom stereocenters. The number of anilines is 2. The molecule has 0 bridgehead atoms. The van der Waals surface area contributed by atoms with Crippen LogP contribution in [0.2, 0.25) is 0 Å². The molecule has 0 saturated carbocycles. The molecule has 7 nitrogen and oxygen atoms in total. The van der Waals surface area contributed by atoms with Crippen LogP contribution in [0.25, 0.3) is 0 Å². The molecule has 7 heteroatoms. The van der Waals surface area contributed by atoms with Crippen LogP contribution in [-0.4, -0.2) is 63.9 Å². The number of aryl methyl sites for hydroxylation is 3. The first kappa shape index (κ1) is 17.9. The van der Waals surface area contributed by atoms with E-state index in [0.29, 0.717) is 0 Å². The van der Waals surface area contributed by atoms with Gasteiger partial charge >= 0.3 is 0 Å². The van der Waals surface area contributed by atoms with Crippen LogP contribution < -0.4 is 9.80 Å². The van der Waals surface area contributed by atoms with Crippen molar-refractivity contribution in [1.82, 2.24) is 24.6 Å². The zero-order valence-corrected chi connectivity index (χ0v) is 17.2. The van der Waals surface area contributed by atoms with E-state index < -0.39 is 0 Å². The topological polar surface area (TPSA) is 53.3 Å². The first-order valence-electron chi connectivity index (χ1n) is 10.8. The molecular formula is C21H31N7. The number of aromatic nitrogens is 4. The number of hydrogen-bond donors (Lipinski definition) is 0. The molecule has 2 aromatic rings. The van der Waals surface area contributed by atoms with Gasteiger partial charge < -0.3 is 9.80 Å². The Morgan fingerprint density at radius 3 is 2.46 bits per heavy atom. The van der Waals surface area contributed by atoms with Gasteiger partial charge in [-0.05, 0) is 44.6 Å². The Hall–Kier alpha value is -2.15. The molecule has 2 fully saturated rings. The summed E-state index contributed by atoms with van der Waals surface area (Å²) in [6, 6.07) is 2.13. The summed E-state index contributed by atoms with van der Waals surface area (Å²) in [5.74, 6) is 2.01. The molecule has 2 aliphatic heterocycles. The minimum absolute atomic E-state index is 0.906. The van der Waals surface area contributed by atoms with Crippen LogP contribution in [0.15, 0.2) is 6.07 Å². The molecule has 28 heavy (non-hydrogen) atoms. The SMILES string of the molecule is Cc1cc(N2CCCC2)nc(N2CCN(Cc3c4c(nn3C)CCC4)CC2)n1. The van der Waals surface area contributed by atoms with Crippen LogP contribution >= 0.6 is 0 Å². The quantitative estimate of drug-likeness (QED) is 0.807. The maximum atomic E-state index is 4.91. The van der Waals surface area contributed by atoms with E-state index in [-0.39, 0.29) is 0 Å². The van der Waals surface area contributed by atoms with Gasteiger partial charge in [0, 0.05) is 64.6 Å². The summed E-state index contributed by atoms with van der Waals surface area (Å²) >= 11 is 0. The summed E-state index contributed by atoms with van der Waals surface area (Å²) in [5, 5.41) is 4.73. The highest BCUT2D eigenvalue weighted by Crippen LogP contribution is 2.26. The van der Waals surface area contributed by atoms with E-state index in [1.54, 1.807) is 0 Å². The molecule has 0 aromatic carbocycles. The van der Waals surface area contributed by atoms with Crippen LogP contribution in [0.1, 0.15) is 41.9 Å². The highest BCUT2D eigenvalue weighted by Gasteiger charge is 2.25. The van der Waals surface area contributed by atoms with Crippen molar-refractivity contribution < 1.29 is 0 Å². The lowest BCUT2D eigenvalue weighted by molar-refractivity contribution is 0.242. The summed E-state index contributed by atoms with van der Waals surface area (Å²) in [5.41, 5.74) is 5.34. The van der Waals surface area contributed by atoms with Crippen molar-refractivity contribution in [3.8, 4) is 0 Å². The second-order valence-electron chi connectivity index (χ2n) is 8.47. The normalized spacial score (nSPS) is 20.2.